The Morgan fingerprint density at radius 3 is 2.29 bits per heavy atom. The molecule has 140 valence electrons. The molecule has 0 saturated heterocycles. The third-order valence-corrected chi connectivity index (χ3v) is 4.76. The zero-order valence-corrected chi connectivity index (χ0v) is 16.3. The van der Waals surface area contributed by atoms with Crippen LogP contribution in [0.5, 0.6) is 0 Å². The van der Waals surface area contributed by atoms with Crippen LogP contribution in [0.2, 0.25) is 5.02 Å². The van der Waals surface area contributed by atoms with Crippen LogP contribution in [0.1, 0.15) is 11.5 Å². The van der Waals surface area contributed by atoms with E-state index in [1.54, 1.807) is 0 Å². The van der Waals surface area contributed by atoms with Crippen LogP contribution >= 0.6 is 11.6 Å². The van der Waals surface area contributed by atoms with Gasteiger partial charge in [0.15, 0.2) is 0 Å². The molecule has 0 bridgehead atoms. The molecule has 1 aromatic heterocycles. The van der Waals surface area contributed by atoms with Gasteiger partial charge in [-0.1, -0.05) is 66.2 Å². The average Bonchev–Trinajstić information content (AvgIpc) is 3.18. The summed E-state index contributed by atoms with van der Waals surface area (Å²) in [4.78, 5) is 2.17. The van der Waals surface area contributed by atoms with Gasteiger partial charge in [0.2, 0.25) is 11.8 Å². The molecule has 0 amide bonds. The molecule has 0 atom stereocenters. The smallest absolute Gasteiger partial charge is 0.247 e. The Bertz CT molecular complexity index is 1040. The third kappa shape index (κ3) is 4.30. The predicted octanol–water partition coefficient (Wildman–Crippen LogP) is 5.69. The molecule has 1 heterocycles. The molecule has 0 aliphatic rings. The Morgan fingerprint density at radius 2 is 1.50 bits per heavy atom. The second-order valence-corrected chi connectivity index (χ2v) is 7.14. The summed E-state index contributed by atoms with van der Waals surface area (Å²) >= 11 is 5.93. The Morgan fingerprint density at radius 1 is 0.786 bits per heavy atom. The van der Waals surface area contributed by atoms with Gasteiger partial charge < -0.3 is 4.42 Å². The predicted molar refractivity (Wildman–Crippen MR) is 112 cm³/mol. The highest BCUT2D eigenvalue weighted by Gasteiger charge is 2.12. The van der Waals surface area contributed by atoms with Gasteiger partial charge in [-0.25, -0.2) is 0 Å². The highest BCUT2D eigenvalue weighted by atomic mass is 35.5. The van der Waals surface area contributed by atoms with Gasteiger partial charge in [0.25, 0.3) is 0 Å². The number of halogens is 1. The van der Waals surface area contributed by atoms with Crippen molar-refractivity contribution in [2.45, 2.75) is 13.1 Å². The van der Waals surface area contributed by atoms with E-state index in [4.69, 9.17) is 16.0 Å². The van der Waals surface area contributed by atoms with Gasteiger partial charge in [0, 0.05) is 17.1 Å². The molecule has 0 spiro atoms. The van der Waals surface area contributed by atoms with Crippen molar-refractivity contribution in [1.29, 1.82) is 0 Å². The molecule has 0 aliphatic heterocycles. The minimum absolute atomic E-state index is 0.504. The fraction of sp³-hybridized carbons (Fsp3) is 0.130. The maximum atomic E-state index is 5.93. The fourth-order valence-corrected chi connectivity index (χ4v) is 3.29. The van der Waals surface area contributed by atoms with Crippen molar-refractivity contribution in [1.82, 2.24) is 15.1 Å². The number of hydrogen-bond donors (Lipinski definition) is 0. The molecule has 0 aliphatic carbocycles. The van der Waals surface area contributed by atoms with E-state index in [2.05, 4.69) is 63.6 Å². The average molecular weight is 390 g/mol. The van der Waals surface area contributed by atoms with Gasteiger partial charge in [-0.05, 0) is 48.0 Å². The number of hydrogen-bond acceptors (Lipinski definition) is 4. The standard InChI is InChI=1S/C23H20ClN3O/c1-27(15-19-9-5-6-10-21(19)17-7-3-2-4-8-17)16-22-25-26-23(28-22)18-11-13-20(24)14-12-18/h2-14H,15-16H2,1H3. The highest BCUT2D eigenvalue weighted by molar-refractivity contribution is 6.30. The maximum Gasteiger partial charge on any atom is 0.247 e. The molecule has 4 nitrogen and oxygen atoms in total. The summed E-state index contributed by atoms with van der Waals surface area (Å²) < 4.78 is 5.83. The Balaban J connectivity index is 1.47. The molecule has 28 heavy (non-hydrogen) atoms. The zero-order valence-electron chi connectivity index (χ0n) is 15.5. The summed E-state index contributed by atoms with van der Waals surface area (Å²) in [6.45, 7) is 1.35. The number of nitrogens with zero attached hydrogens (tertiary/aromatic N) is 3. The monoisotopic (exact) mass is 389 g/mol. The number of benzene rings is 3. The molecule has 0 fully saturated rings. The van der Waals surface area contributed by atoms with Crippen molar-refractivity contribution in [3.8, 4) is 22.6 Å². The normalized spacial score (nSPS) is 11.1. The lowest BCUT2D eigenvalue weighted by Gasteiger charge is -2.17. The Kier molecular flexibility index (Phi) is 5.51. The molecular weight excluding hydrogens is 370 g/mol. The van der Waals surface area contributed by atoms with Gasteiger partial charge in [-0.15, -0.1) is 10.2 Å². The van der Waals surface area contributed by atoms with Crippen molar-refractivity contribution in [3.63, 3.8) is 0 Å². The van der Waals surface area contributed by atoms with Crippen LogP contribution in [0, 0.1) is 0 Å². The van der Waals surface area contributed by atoms with Crippen molar-refractivity contribution >= 4 is 11.6 Å². The second-order valence-electron chi connectivity index (χ2n) is 6.70. The molecule has 0 N–H and O–H groups in total. The van der Waals surface area contributed by atoms with Crippen molar-refractivity contribution < 1.29 is 4.42 Å². The molecule has 4 rings (SSSR count). The lowest BCUT2D eigenvalue weighted by molar-refractivity contribution is 0.283. The van der Waals surface area contributed by atoms with E-state index < -0.39 is 0 Å². The van der Waals surface area contributed by atoms with Crippen LogP contribution in [0.15, 0.2) is 83.3 Å². The summed E-state index contributed by atoms with van der Waals surface area (Å²) in [5.41, 5.74) is 4.57. The van der Waals surface area contributed by atoms with Crippen molar-refractivity contribution in [2.24, 2.45) is 0 Å². The largest absolute Gasteiger partial charge is 0.419 e. The zero-order chi connectivity index (χ0) is 19.3. The molecule has 3 aromatic carbocycles. The Labute approximate surface area is 169 Å². The first-order chi connectivity index (χ1) is 13.7. The minimum atomic E-state index is 0.504. The SMILES string of the molecule is CN(Cc1nnc(-c2ccc(Cl)cc2)o1)Cc1ccccc1-c1ccccc1. The van der Waals surface area contributed by atoms with E-state index >= 15 is 0 Å². The minimum Gasteiger partial charge on any atom is -0.419 e. The number of aromatic nitrogens is 2. The molecule has 5 heteroatoms. The lowest BCUT2D eigenvalue weighted by atomic mass is 9.99. The lowest BCUT2D eigenvalue weighted by Crippen LogP contribution is -2.18. The van der Waals surface area contributed by atoms with Crippen LogP contribution in [-0.2, 0) is 13.1 Å². The van der Waals surface area contributed by atoms with Crippen LogP contribution in [0.3, 0.4) is 0 Å². The molecule has 0 saturated carbocycles. The first-order valence-corrected chi connectivity index (χ1v) is 9.47. The van der Waals surface area contributed by atoms with Crippen LogP contribution in [-0.4, -0.2) is 22.1 Å². The van der Waals surface area contributed by atoms with E-state index in [9.17, 15) is 0 Å². The summed E-state index contributed by atoms with van der Waals surface area (Å²) in [7, 11) is 2.05. The molecule has 0 radical (unpaired) electrons. The summed E-state index contributed by atoms with van der Waals surface area (Å²) in [5, 5.41) is 9.02. The van der Waals surface area contributed by atoms with Gasteiger partial charge in [-0.3, -0.25) is 4.90 Å². The Hall–Kier alpha value is -2.95. The molecule has 4 aromatic rings. The topological polar surface area (TPSA) is 42.2 Å². The van der Waals surface area contributed by atoms with E-state index in [-0.39, 0.29) is 0 Å². The van der Waals surface area contributed by atoms with Crippen LogP contribution in [0.25, 0.3) is 22.6 Å². The second kappa shape index (κ2) is 8.38. The molecular formula is C23H20ClN3O. The summed E-state index contributed by atoms with van der Waals surface area (Å²) in [6.07, 6.45) is 0. The van der Waals surface area contributed by atoms with Gasteiger partial charge in [-0.2, -0.15) is 0 Å². The number of rotatable bonds is 6. The maximum absolute atomic E-state index is 5.93. The van der Waals surface area contributed by atoms with E-state index in [1.165, 1.54) is 16.7 Å². The van der Waals surface area contributed by atoms with E-state index in [0.717, 1.165) is 12.1 Å². The van der Waals surface area contributed by atoms with Crippen LogP contribution in [0.4, 0.5) is 0 Å². The van der Waals surface area contributed by atoms with Crippen molar-refractivity contribution in [3.05, 3.63) is 95.3 Å². The van der Waals surface area contributed by atoms with Gasteiger partial charge >= 0.3 is 0 Å². The van der Waals surface area contributed by atoms with Crippen LogP contribution < -0.4 is 0 Å². The summed E-state index contributed by atoms with van der Waals surface area (Å²) in [6, 6.07) is 26.3. The first-order valence-electron chi connectivity index (χ1n) is 9.09. The first kappa shape index (κ1) is 18.4. The fourth-order valence-electron chi connectivity index (χ4n) is 3.16. The molecule has 0 unspecified atom stereocenters. The van der Waals surface area contributed by atoms with Gasteiger partial charge in [0.05, 0.1) is 6.54 Å². The third-order valence-electron chi connectivity index (χ3n) is 4.51. The summed E-state index contributed by atoms with van der Waals surface area (Å²) in [5.74, 6) is 1.09. The van der Waals surface area contributed by atoms with Gasteiger partial charge in [0.1, 0.15) is 0 Å². The highest BCUT2D eigenvalue weighted by Crippen LogP contribution is 2.25. The van der Waals surface area contributed by atoms with E-state index in [0.29, 0.717) is 23.3 Å². The van der Waals surface area contributed by atoms with E-state index in [1.807, 2.05) is 37.4 Å². The van der Waals surface area contributed by atoms with Crippen molar-refractivity contribution in [2.75, 3.05) is 7.05 Å². The quantitative estimate of drug-likeness (QED) is 0.425.